The third kappa shape index (κ3) is 3.36. The number of para-hydroxylation sites is 2. The fraction of sp³-hybridized carbons (Fsp3) is 0. The van der Waals surface area contributed by atoms with Gasteiger partial charge in [-0.25, -0.2) is 4.98 Å². The van der Waals surface area contributed by atoms with E-state index in [9.17, 15) is 5.11 Å². The maximum Gasteiger partial charge on any atom is 0.227 e. The molecule has 4 nitrogen and oxygen atoms in total. The van der Waals surface area contributed by atoms with Crippen LogP contribution in [0.1, 0.15) is 5.56 Å². The van der Waals surface area contributed by atoms with Gasteiger partial charge in [0.1, 0.15) is 11.3 Å². The quantitative estimate of drug-likeness (QED) is 0.387. The minimum Gasteiger partial charge on any atom is -0.506 e. The van der Waals surface area contributed by atoms with Crippen LogP contribution in [0.5, 0.6) is 5.75 Å². The van der Waals surface area contributed by atoms with Crippen LogP contribution < -0.4 is 0 Å². The molecular weight excluding hydrogens is 416 g/mol. The van der Waals surface area contributed by atoms with Crippen molar-refractivity contribution in [1.29, 1.82) is 0 Å². The fourth-order valence-corrected chi connectivity index (χ4v) is 3.38. The maximum absolute atomic E-state index is 10.0. The SMILES string of the molecule is Oc1c(Cl)cc(Br)cc1C=Nc1cccc(-c2nc3ccccc3o2)c1. The highest BCUT2D eigenvalue weighted by atomic mass is 79.9. The van der Waals surface area contributed by atoms with Gasteiger partial charge in [-0.05, 0) is 42.5 Å². The molecule has 0 saturated heterocycles. The molecule has 0 unspecified atom stereocenters. The molecule has 6 heteroatoms. The molecule has 3 aromatic carbocycles. The lowest BCUT2D eigenvalue weighted by Crippen LogP contribution is -1.84. The molecule has 0 fully saturated rings. The fourth-order valence-electron chi connectivity index (χ4n) is 2.54. The molecule has 4 rings (SSSR count). The molecule has 1 N–H and O–H groups in total. The summed E-state index contributed by atoms with van der Waals surface area (Å²) in [5.74, 6) is 0.533. The number of halogens is 2. The normalized spacial score (nSPS) is 11.5. The molecule has 0 amide bonds. The van der Waals surface area contributed by atoms with Gasteiger partial charge in [-0.1, -0.05) is 45.7 Å². The summed E-state index contributed by atoms with van der Waals surface area (Å²) in [6.45, 7) is 0. The molecule has 128 valence electrons. The van der Waals surface area contributed by atoms with Crippen molar-refractivity contribution in [1.82, 2.24) is 4.98 Å². The summed E-state index contributed by atoms with van der Waals surface area (Å²) in [7, 11) is 0. The number of phenolic OH excluding ortho intramolecular Hbond substituents is 1. The predicted molar refractivity (Wildman–Crippen MR) is 108 cm³/mol. The number of rotatable bonds is 3. The van der Waals surface area contributed by atoms with E-state index >= 15 is 0 Å². The number of benzene rings is 3. The zero-order valence-electron chi connectivity index (χ0n) is 13.4. The minimum atomic E-state index is -0.00581. The number of aliphatic imine (C=N–C) groups is 1. The highest BCUT2D eigenvalue weighted by molar-refractivity contribution is 9.10. The zero-order valence-corrected chi connectivity index (χ0v) is 15.7. The van der Waals surface area contributed by atoms with Gasteiger partial charge >= 0.3 is 0 Å². The van der Waals surface area contributed by atoms with Crippen LogP contribution in [0.4, 0.5) is 5.69 Å². The number of aromatic nitrogens is 1. The second-order valence-corrected chi connectivity index (χ2v) is 6.94. The summed E-state index contributed by atoms with van der Waals surface area (Å²) in [5.41, 5.74) is 3.61. The van der Waals surface area contributed by atoms with E-state index in [0.717, 1.165) is 21.1 Å². The summed E-state index contributed by atoms with van der Waals surface area (Å²) in [4.78, 5) is 8.92. The summed E-state index contributed by atoms with van der Waals surface area (Å²) < 4.78 is 6.56. The van der Waals surface area contributed by atoms with Gasteiger partial charge in [0.05, 0.1) is 10.7 Å². The van der Waals surface area contributed by atoms with Crippen molar-refractivity contribution in [2.45, 2.75) is 0 Å². The Kier molecular flexibility index (Phi) is 4.49. The first-order chi connectivity index (χ1) is 12.6. The van der Waals surface area contributed by atoms with Crippen molar-refractivity contribution in [3.8, 4) is 17.2 Å². The van der Waals surface area contributed by atoms with Crippen LogP contribution in [0.15, 0.2) is 74.5 Å². The van der Waals surface area contributed by atoms with Crippen molar-refractivity contribution in [3.63, 3.8) is 0 Å². The lowest BCUT2D eigenvalue weighted by molar-refractivity contribution is 0.474. The van der Waals surface area contributed by atoms with Crippen molar-refractivity contribution >= 4 is 50.5 Å². The molecule has 1 heterocycles. The highest BCUT2D eigenvalue weighted by Crippen LogP contribution is 2.31. The Morgan fingerprint density at radius 1 is 1.08 bits per heavy atom. The Morgan fingerprint density at radius 3 is 2.77 bits per heavy atom. The summed E-state index contributed by atoms with van der Waals surface area (Å²) in [6.07, 6.45) is 1.57. The third-order valence-corrected chi connectivity index (χ3v) is 4.54. The Labute approximate surface area is 162 Å². The number of aromatic hydroxyl groups is 1. The Balaban J connectivity index is 1.68. The zero-order chi connectivity index (χ0) is 18.1. The number of oxazole rings is 1. The molecule has 0 spiro atoms. The molecule has 0 aliphatic rings. The van der Waals surface area contributed by atoms with Crippen LogP contribution in [-0.2, 0) is 0 Å². The lowest BCUT2D eigenvalue weighted by Gasteiger charge is -2.03. The second kappa shape index (κ2) is 6.94. The van der Waals surface area contributed by atoms with E-state index in [1.807, 2.05) is 48.5 Å². The first kappa shape index (κ1) is 16.8. The number of nitrogens with zero attached hydrogens (tertiary/aromatic N) is 2. The van der Waals surface area contributed by atoms with Crippen molar-refractivity contribution in [2.75, 3.05) is 0 Å². The minimum absolute atomic E-state index is 0.00581. The average Bonchev–Trinajstić information content (AvgIpc) is 3.08. The largest absolute Gasteiger partial charge is 0.506 e. The van der Waals surface area contributed by atoms with Crippen molar-refractivity contribution in [3.05, 3.63) is 75.7 Å². The number of hydrogen-bond donors (Lipinski definition) is 1. The molecule has 0 aliphatic carbocycles. The van der Waals surface area contributed by atoms with Crippen LogP contribution in [0, 0.1) is 0 Å². The van der Waals surface area contributed by atoms with Crippen LogP contribution >= 0.6 is 27.5 Å². The van der Waals surface area contributed by atoms with E-state index in [2.05, 4.69) is 25.9 Å². The Hall–Kier alpha value is -2.63. The summed E-state index contributed by atoms with van der Waals surface area (Å²) in [6, 6.07) is 18.5. The number of phenols is 1. The van der Waals surface area contributed by atoms with Crippen molar-refractivity contribution in [2.24, 2.45) is 4.99 Å². The Bertz CT molecular complexity index is 1100. The third-order valence-electron chi connectivity index (χ3n) is 3.80. The van der Waals surface area contributed by atoms with Crippen molar-refractivity contribution < 1.29 is 9.52 Å². The molecule has 0 aliphatic heterocycles. The predicted octanol–water partition coefficient (Wildman–Crippen LogP) is 6.37. The topological polar surface area (TPSA) is 58.6 Å². The van der Waals surface area contributed by atoms with E-state index in [1.165, 1.54) is 0 Å². The van der Waals surface area contributed by atoms with Gasteiger partial charge in [0.15, 0.2) is 5.58 Å². The van der Waals surface area contributed by atoms with Gasteiger partial charge in [-0.2, -0.15) is 0 Å². The maximum atomic E-state index is 10.0. The molecular formula is C20H12BrClN2O2. The molecule has 0 atom stereocenters. The van der Waals surface area contributed by atoms with E-state index in [1.54, 1.807) is 18.3 Å². The Morgan fingerprint density at radius 2 is 1.92 bits per heavy atom. The van der Waals surface area contributed by atoms with E-state index < -0.39 is 0 Å². The van der Waals surface area contributed by atoms with Gasteiger partial charge < -0.3 is 9.52 Å². The van der Waals surface area contributed by atoms with E-state index in [0.29, 0.717) is 17.1 Å². The average molecular weight is 428 g/mol. The first-order valence-corrected chi connectivity index (χ1v) is 8.95. The molecule has 26 heavy (non-hydrogen) atoms. The van der Waals surface area contributed by atoms with Crippen LogP contribution in [0.2, 0.25) is 5.02 Å². The van der Waals surface area contributed by atoms with E-state index in [-0.39, 0.29) is 10.8 Å². The summed E-state index contributed by atoms with van der Waals surface area (Å²) in [5, 5.41) is 10.3. The smallest absolute Gasteiger partial charge is 0.227 e. The first-order valence-electron chi connectivity index (χ1n) is 7.78. The van der Waals surface area contributed by atoms with Gasteiger partial charge in [-0.15, -0.1) is 0 Å². The van der Waals surface area contributed by atoms with Crippen LogP contribution in [-0.4, -0.2) is 16.3 Å². The van der Waals surface area contributed by atoms with Crippen LogP contribution in [0.25, 0.3) is 22.6 Å². The molecule has 1 aromatic heterocycles. The molecule has 0 bridgehead atoms. The van der Waals surface area contributed by atoms with Crippen LogP contribution in [0.3, 0.4) is 0 Å². The highest BCUT2D eigenvalue weighted by Gasteiger charge is 2.09. The summed E-state index contributed by atoms with van der Waals surface area (Å²) >= 11 is 9.34. The lowest BCUT2D eigenvalue weighted by atomic mass is 10.2. The number of hydrogen-bond acceptors (Lipinski definition) is 4. The molecule has 4 aromatic rings. The second-order valence-electron chi connectivity index (χ2n) is 5.62. The molecule has 0 saturated carbocycles. The van der Waals surface area contributed by atoms with Gasteiger partial charge in [0, 0.05) is 21.8 Å². The number of fused-ring (bicyclic) bond motifs is 1. The molecule has 0 radical (unpaired) electrons. The standard InChI is InChI=1S/C20H12BrClN2O2/c21-14-8-13(19(25)16(22)10-14)11-23-15-5-3-4-12(9-15)20-24-17-6-1-2-7-18(17)26-20/h1-11,25H. The van der Waals surface area contributed by atoms with Gasteiger partial charge in [0.2, 0.25) is 5.89 Å². The monoisotopic (exact) mass is 426 g/mol. The van der Waals surface area contributed by atoms with Gasteiger partial charge in [-0.3, -0.25) is 4.99 Å². The van der Waals surface area contributed by atoms with Gasteiger partial charge in [0.25, 0.3) is 0 Å². The van der Waals surface area contributed by atoms with E-state index in [4.69, 9.17) is 16.0 Å².